The zero-order chi connectivity index (χ0) is 20.3. The second kappa shape index (κ2) is 7.93. The number of carbonyl (C=O) groups excluding carboxylic acids is 1. The Labute approximate surface area is 163 Å². The van der Waals surface area contributed by atoms with E-state index in [2.05, 4.69) is 10.5 Å². The molecule has 3 rings (SSSR count). The fraction of sp³-hybridized carbons (Fsp3) is 0.158. The molecule has 0 spiro atoms. The lowest BCUT2D eigenvalue weighted by Crippen LogP contribution is -2.18. The number of amides is 1. The maximum absolute atomic E-state index is 13.1. The van der Waals surface area contributed by atoms with Gasteiger partial charge >= 0.3 is 6.18 Å². The highest BCUT2D eigenvalue weighted by Gasteiger charge is 2.34. The first-order valence-corrected chi connectivity index (χ1v) is 8.45. The molecule has 3 aromatic rings. The minimum atomic E-state index is -4.61. The zero-order valence-corrected chi connectivity index (χ0v) is 15.3. The number of hydrogen-bond donors (Lipinski definition) is 1. The summed E-state index contributed by atoms with van der Waals surface area (Å²) in [6.45, 7) is 1.47. The summed E-state index contributed by atoms with van der Waals surface area (Å²) in [5, 5.41) is 6.27. The number of nitrogens with zero attached hydrogens (tertiary/aromatic N) is 1. The van der Waals surface area contributed by atoms with Crippen LogP contribution in [-0.4, -0.2) is 11.1 Å². The summed E-state index contributed by atoms with van der Waals surface area (Å²) >= 11 is 6.02. The molecule has 28 heavy (non-hydrogen) atoms. The number of aryl methyl sites for hydroxylation is 1. The van der Waals surface area contributed by atoms with Crippen LogP contribution in [0.5, 0.6) is 5.75 Å². The van der Waals surface area contributed by atoms with Crippen LogP contribution in [0.4, 0.5) is 18.9 Å². The third-order valence-corrected chi connectivity index (χ3v) is 4.20. The molecule has 0 radical (unpaired) electrons. The van der Waals surface area contributed by atoms with Gasteiger partial charge in [0.15, 0.2) is 5.69 Å². The lowest BCUT2D eigenvalue weighted by molar-refractivity contribution is -0.136. The standard InChI is InChI=1S/C19H14ClF3N2O3/c1-11-12(10-27-16-9-5-3-7-14(16)20)17(25-28-11)18(26)24-15-8-4-2-6-13(15)19(21,22)23/h2-9H,10H2,1H3,(H,24,26). The molecule has 0 saturated carbocycles. The van der Waals surface area contributed by atoms with Crippen molar-refractivity contribution in [2.75, 3.05) is 5.32 Å². The molecule has 0 atom stereocenters. The molecule has 1 amide bonds. The first-order chi connectivity index (χ1) is 13.3. The highest BCUT2D eigenvalue weighted by atomic mass is 35.5. The maximum Gasteiger partial charge on any atom is 0.418 e. The van der Waals surface area contributed by atoms with Crippen molar-refractivity contribution in [1.29, 1.82) is 0 Å². The van der Waals surface area contributed by atoms with Gasteiger partial charge in [-0.05, 0) is 31.2 Å². The van der Waals surface area contributed by atoms with Crippen molar-refractivity contribution in [1.82, 2.24) is 5.16 Å². The Morgan fingerprint density at radius 1 is 1.18 bits per heavy atom. The summed E-state index contributed by atoms with van der Waals surface area (Å²) in [6, 6.07) is 11.4. The summed E-state index contributed by atoms with van der Waals surface area (Å²) in [7, 11) is 0. The number of alkyl halides is 3. The van der Waals surface area contributed by atoms with Gasteiger partial charge < -0.3 is 14.6 Å². The summed E-state index contributed by atoms with van der Waals surface area (Å²) in [6.07, 6.45) is -4.61. The zero-order valence-electron chi connectivity index (χ0n) is 14.5. The van der Waals surface area contributed by atoms with Crippen molar-refractivity contribution < 1.29 is 27.2 Å². The van der Waals surface area contributed by atoms with Gasteiger partial charge in [0.05, 0.1) is 21.8 Å². The summed E-state index contributed by atoms with van der Waals surface area (Å²) in [4.78, 5) is 12.5. The number of rotatable bonds is 5. The smallest absolute Gasteiger partial charge is 0.418 e. The fourth-order valence-electron chi connectivity index (χ4n) is 2.47. The molecule has 0 aliphatic rings. The third kappa shape index (κ3) is 4.28. The SMILES string of the molecule is Cc1onc(C(=O)Nc2ccccc2C(F)(F)F)c1COc1ccccc1Cl. The molecule has 2 aromatic carbocycles. The van der Waals surface area contributed by atoms with E-state index in [4.69, 9.17) is 20.9 Å². The van der Waals surface area contributed by atoms with Gasteiger partial charge in [-0.2, -0.15) is 13.2 Å². The molecule has 9 heteroatoms. The number of nitrogens with one attached hydrogen (secondary N) is 1. The van der Waals surface area contributed by atoms with E-state index in [-0.39, 0.29) is 18.0 Å². The van der Waals surface area contributed by atoms with E-state index < -0.39 is 17.6 Å². The molecule has 1 heterocycles. The van der Waals surface area contributed by atoms with Crippen molar-refractivity contribution >= 4 is 23.2 Å². The Hall–Kier alpha value is -3.00. The Bertz CT molecular complexity index is 1000. The number of para-hydroxylation sites is 2. The summed E-state index contributed by atoms with van der Waals surface area (Å²) < 4.78 is 50.0. The van der Waals surface area contributed by atoms with Gasteiger partial charge in [0.2, 0.25) is 0 Å². The molecule has 0 aliphatic heterocycles. The second-order valence-electron chi connectivity index (χ2n) is 5.78. The second-order valence-corrected chi connectivity index (χ2v) is 6.19. The summed E-state index contributed by atoms with van der Waals surface area (Å²) in [5.41, 5.74) is -1.19. The topological polar surface area (TPSA) is 64.4 Å². The van der Waals surface area contributed by atoms with E-state index >= 15 is 0 Å². The van der Waals surface area contributed by atoms with Crippen LogP contribution in [0.1, 0.15) is 27.4 Å². The normalized spacial score (nSPS) is 11.3. The van der Waals surface area contributed by atoms with Gasteiger partial charge in [0.25, 0.3) is 5.91 Å². The molecule has 146 valence electrons. The summed E-state index contributed by atoms with van der Waals surface area (Å²) in [5.74, 6) is -0.147. The number of benzene rings is 2. The highest BCUT2D eigenvalue weighted by Crippen LogP contribution is 2.35. The van der Waals surface area contributed by atoms with Crippen LogP contribution in [0, 0.1) is 6.92 Å². The lowest BCUT2D eigenvalue weighted by atomic mass is 10.1. The largest absolute Gasteiger partial charge is 0.487 e. The first-order valence-electron chi connectivity index (χ1n) is 8.07. The highest BCUT2D eigenvalue weighted by molar-refractivity contribution is 6.32. The number of anilines is 1. The number of ether oxygens (including phenoxy) is 1. The molecule has 0 unspecified atom stereocenters. The number of halogens is 4. The number of hydrogen-bond acceptors (Lipinski definition) is 4. The lowest BCUT2D eigenvalue weighted by Gasteiger charge is -2.13. The number of carbonyl (C=O) groups is 1. The molecular formula is C19H14ClF3N2O3. The molecule has 5 nitrogen and oxygen atoms in total. The molecule has 1 N–H and O–H groups in total. The van der Waals surface area contributed by atoms with Crippen LogP contribution < -0.4 is 10.1 Å². The van der Waals surface area contributed by atoms with E-state index in [0.717, 1.165) is 12.1 Å². The fourth-order valence-corrected chi connectivity index (χ4v) is 2.66. The third-order valence-electron chi connectivity index (χ3n) is 3.89. The van der Waals surface area contributed by atoms with Gasteiger partial charge in [0.1, 0.15) is 18.1 Å². The van der Waals surface area contributed by atoms with Crippen LogP contribution in [0.3, 0.4) is 0 Å². The van der Waals surface area contributed by atoms with Crippen LogP contribution in [0.2, 0.25) is 5.02 Å². The van der Waals surface area contributed by atoms with E-state index in [9.17, 15) is 18.0 Å². The van der Waals surface area contributed by atoms with Crippen molar-refractivity contribution in [3.8, 4) is 5.75 Å². The van der Waals surface area contributed by atoms with Gasteiger partial charge in [-0.25, -0.2) is 0 Å². The molecule has 0 bridgehead atoms. The van der Waals surface area contributed by atoms with Crippen molar-refractivity contribution in [3.05, 3.63) is 76.1 Å². The van der Waals surface area contributed by atoms with Crippen molar-refractivity contribution in [2.45, 2.75) is 19.7 Å². The minimum absolute atomic E-state index is 0.0945. The quantitative estimate of drug-likeness (QED) is 0.604. The van der Waals surface area contributed by atoms with Crippen LogP contribution in [-0.2, 0) is 12.8 Å². The Morgan fingerprint density at radius 3 is 2.57 bits per heavy atom. The van der Waals surface area contributed by atoms with Gasteiger partial charge in [-0.1, -0.05) is 41.0 Å². The van der Waals surface area contributed by atoms with Crippen LogP contribution in [0.15, 0.2) is 53.1 Å². The first kappa shape index (κ1) is 19.8. The predicted octanol–water partition coefficient (Wildman–Crippen LogP) is 5.49. The van der Waals surface area contributed by atoms with Gasteiger partial charge in [-0.15, -0.1) is 0 Å². The van der Waals surface area contributed by atoms with E-state index in [0.29, 0.717) is 22.1 Å². The molecule has 1 aromatic heterocycles. The molecule has 0 saturated heterocycles. The Kier molecular flexibility index (Phi) is 5.60. The molecular weight excluding hydrogens is 397 g/mol. The average Bonchev–Trinajstić information content (AvgIpc) is 3.01. The molecule has 0 fully saturated rings. The predicted molar refractivity (Wildman–Crippen MR) is 96.4 cm³/mol. The van der Waals surface area contributed by atoms with Crippen molar-refractivity contribution in [2.24, 2.45) is 0 Å². The van der Waals surface area contributed by atoms with Crippen molar-refractivity contribution in [3.63, 3.8) is 0 Å². The van der Waals surface area contributed by atoms with Gasteiger partial charge in [0, 0.05) is 0 Å². The van der Waals surface area contributed by atoms with E-state index in [1.54, 1.807) is 31.2 Å². The maximum atomic E-state index is 13.1. The van der Waals surface area contributed by atoms with E-state index in [1.807, 2.05) is 0 Å². The van der Waals surface area contributed by atoms with E-state index in [1.165, 1.54) is 12.1 Å². The van der Waals surface area contributed by atoms with Gasteiger partial charge in [-0.3, -0.25) is 4.79 Å². The van der Waals surface area contributed by atoms with Crippen LogP contribution >= 0.6 is 11.6 Å². The molecule has 0 aliphatic carbocycles. The van der Waals surface area contributed by atoms with Crippen LogP contribution in [0.25, 0.3) is 0 Å². The average molecular weight is 411 g/mol. The Balaban J connectivity index is 1.82. The Morgan fingerprint density at radius 2 is 1.86 bits per heavy atom. The minimum Gasteiger partial charge on any atom is -0.487 e. The number of aromatic nitrogens is 1. The monoisotopic (exact) mass is 410 g/mol.